The lowest BCUT2D eigenvalue weighted by Gasteiger charge is -2.11. The molecule has 0 saturated heterocycles. The number of carbonyl (C=O) groups is 1. The number of ether oxygens (including phenoxy) is 3. The molecule has 7 heteroatoms. The highest BCUT2D eigenvalue weighted by Gasteiger charge is 2.16. The first-order chi connectivity index (χ1) is 10.2. The predicted octanol–water partition coefficient (Wildman–Crippen LogP) is 2.43. The predicted molar refractivity (Wildman–Crippen MR) is 83.7 cm³/mol. The standard InChI is InChI=1S/C15H22O6.ClH/c1-4-12-5-6-14(19-9-7-17-2)13(11-12)15(16)21-20-10-8-18-3;/h5-6,11H,4,7-10H2,1-3H3;1H. The molecule has 1 aromatic carbocycles. The maximum absolute atomic E-state index is 12.0. The van der Waals surface area contributed by atoms with Crippen LogP contribution in [0.3, 0.4) is 0 Å². The van der Waals surface area contributed by atoms with Gasteiger partial charge in [-0.05, 0) is 24.1 Å². The van der Waals surface area contributed by atoms with Crippen molar-refractivity contribution in [1.29, 1.82) is 0 Å². The Morgan fingerprint density at radius 2 is 1.73 bits per heavy atom. The van der Waals surface area contributed by atoms with E-state index in [2.05, 4.69) is 0 Å². The Morgan fingerprint density at radius 1 is 1.05 bits per heavy atom. The fourth-order valence-electron chi connectivity index (χ4n) is 1.57. The van der Waals surface area contributed by atoms with E-state index in [-0.39, 0.29) is 19.0 Å². The van der Waals surface area contributed by atoms with Gasteiger partial charge in [0.1, 0.15) is 24.5 Å². The zero-order valence-electron chi connectivity index (χ0n) is 13.1. The number of hydrogen-bond donors (Lipinski definition) is 0. The molecule has 0 saturated carbocycles. The van der Waals surface area contributed by atoms with E-state index in [1.165, 1.54) is 7.11 Å². The lowest BCUT2D eigenvalue weighted by atomic mass is 10.1. The molecule has 0 atom stereocenters. The number of methoxy groups -OCH3 is 2. The van der Waals surface area contributed by atoms with E-state index in [9.17, 15) is 4.79 Å². The molecular formula is C15H23ClO6. The Kier molecular flexibility index (Phi) is 11.5. The maximum Gasteiger partial charge on any atom is 0.376 e. The molecule has 0 heterocycles. The number of rotatable bonds is 10. The molecule has 0 fully saturated rings. The second kappa shape index (κ2) is 12.2. The fraction of sp³-hybridized carbons (Fsp3) is 0.533. The molecule has 0 amide bonds. The van der Waals surface area contributed by atoms with Crippen molar-refractivity contribution in [1.82, 2.24) is 0 Å². The van der Waals surface area contributed by atoms with Gasteiger partial charge in [0.15, 0.2) is 0 Å². The molecule has 0 unspecified atom stereocenters. The summed E-state index contributed by atoms with van der Waals surface area (Å²) < 4.78 is 15.2. The van der Waals surface area contributed by atoms with E-state index in [0.717, 1.165) is 12.0 Å². The summed E-state index contributed by atoms with van der Waals surface area (Å²) in [6.45, 7) is 3.32. The molecule has 126 valence electrons. The van der Waals surface area contributed by atoms with E-state index < -0.39 is 5.97 Å². The summed E-state index contributed by atoms with van der Waals surface area (Å²) in [6, 6.07) is 5.40. The van der Waals surface area contributed by atoms with E-state index >= 15 is 0 Å². The number of benzene rings is 1. The number of aryl methyl sites for hydroxylation is 1. The molecule has 0 spiro atoms. The van der Waals surface area contributed by atoms with E-state index in [4.69, 9.17) is 24.0 Å². The number of halogens is 1. The molecule has 1 rings (SSSR count). The maximum atomic E-state index is 12.0. The topological polar surface area (TPSA) is 63.2 Å². The van der Waals surface area contributed by atoms with E-state index in [1.807, 2.05) is 13.0 Å². The smallest absolute Gasteiger partial charge is 0.376 e. The summed E-state index contributed by atoms with van der Waals surface area (Å²) >= 11 is 0. The van der Waals surface area contributed by atoms with Crippen LogP contribution in [0.4, 0.5) is 0 Å². The lowest BCUT2D eigenvalue weighted by Crippen LogP contribution is -2.13. The molecule has 0 aromatic heterocycles. The first-order valence-electron chi connectivity index (χ1n) is 6.80. The van der Waals surface area contributed by atoms with Gasteiger partial charge in [-0.3, -0.25) is 4.89 Å². The van der Waals surface area contributed by atoms with Crippen LogP contribution < -0.4 is 4.74 Å². The average molecular weight is 335 g/mol. The van der Waals surface area contributed by atoms with Gasteiger partial charge in [-0.25, -0.2) is 4.79 Å². The van der Waals surface area contributed by atoms with Crippen LogP contribution in [0, 0.1) is 0 Å². The molecule has 0 radical (unpaired) electrons. The summed E-state index contributed by atoms with van der Waals surface area (Å²) in [5, 5.41) is 0. The van der Waals surface area contributed by atoms with Crippen LogP contribution in [-0.4, -0.2) is 46.6 Å². The van der Waals surface area contributed by atoms with Gasteiger partial charge in [0.05, 0.1) is 13.2 Å². The molecule has 6 nitrogen and oxygen atoms in total. The highest BCUT2D eigenvalue weighted by Crippen LogP contribution is 2.22. The minimum atomic E-state index is -0.589. The highest BCUT2D eigenvalue weighted by atomic mass is 35.5. The normalized spacial score (nSPS) is 9.95. The SMILES string of the molecule is CCc1ccc(OCCOC)c(C(=O)OOCCOC)c1.Cl. The largest absolute Gasteiger partial charge is 0.490 e. The molecular weight excluding hydrogens is 312 g/mol. The van der Waals surface area contributed by atoms with E-state index in [1.54, 1.807) is 19.2 Å². The number of hydrogen-bond acceptors (Lipinski definition) is 6. The third-order valence-electron chi connectivity index (χ3n) is 2.72. The zero-order chi connectivity index (χ0) is 15.5. The van der Waals surface area contributed by atoms with Gasteiger partial charge in [0.25, 0.3) is 0 Å². The summed E-state index contributed by atoms with van der Waals surface area (Å²) in [4.78, 5) is 21.6. The van der Waals surface area contributed by atoms with Crippen molar-refractivity contribution in [2.75, 3.05) is 40.6 Å². The van der Waals surface area contributed by atoms with Crippen molar-refractivity contribution in [3.05, 3.63) is 29.3 Å². The second-order valence-electron chi connectivity index (χ2n) is 4.21. The molecule has 22 heavy (non-hydrogen) atoms. The molecule has 0 bridgehead atoms. The summed E-state index contributed by atoms with van der Waals surface area (Å²) in [7, 11) is 3.13. The van der Waals surface area contributed by atoms with Crippen LogP contribution in [0.15, 0.2) is 18.2 Å². The molecule has 0 aliphatic heterocycles. The van der Waals surface area contributed by atoms with Crippen molar-refractivity contribution in [3.63, 3.8) is 0 Å². The van der Waals surface area contributed by atoms with Gasteiger partial charge >= 0.3 is 5.97 Å². The summed E-state index contributed by atoms with van der Waals surface area (Å²) in [5.41, 5.74) is 1.35. The van der Waals surface area contributed by atoms with Gasteiger partial charge in [0.2, 0.25) is 0 Å². The molecule has 0 aliphatic rings. The Bertz CT molecular complexity index is 438. The Hall–Kier alpha value is -1.34. The van der Waals surface area contributed by atoms with Gasteiger partial charge in [0, 0.05) is 14.2 Å². The van der Waals surface area contributed by atoms with E-state index in [0.29, 0.717) is 31.1 Å². The van der Waals surface area contributed by atoms with Gasteiger partial charge < -0.3 is 14.2 Å². The van der Waals surface area contributed by atoms with Crippen LogP contribution in [0.2, 0.25) is 0 Å². The van der Waals surface area contributed by atoms with Crippen LogP contribution in [0.25, 0.3) is 0 Å². The quantitative estimate of drug-likeness (QED) is 0.372. The van der Waals surface area contributed by atoms with Gasteiger partial charge in [-0.1, -0.05) is 13.0 Å². The second-order valence-corrected chi connectivity index (χ2v) is 4.21. The van der Waals surface area contributed by atoms with Crippen LogP contribution in [-0.2, 0) is 25.7 Å². The first-order valence-corrected chi connectivity index (χ1v) is 6.80. The van der Waals surface area contributed by atoms with Gasteiger partial charge in [-0.15, -0.1) is 12.4 Å². The average Bonchev–Trinajstić information content (AvgIpc) is 2.51. The minimum Gasteiger partial charge on any atom is -0.490 e. The van der Waals surface area contributed by atoms with Crippen LogP contribution in [0.1, 0.15) is 22.8 Å². The lowest BCUT2D eigenvalue weighted by molar-refractivity contribution is -0.246. The van der Waals surface area contributed by atoms with Crippen LogP contribution in [0.5, 0.6) is 5.75 Å². The Labute approximate surface area is 137 Å². The first kappa shape index (κ1) is 20.7. The van der Waals surface area contributed by atoms with Crippen molar-refractivity contribution in [2.24, 2.45) is 0 Å². The van der Waals surface area contributed by atoms with Gasteiger partial charge in [-0.2, -0.15) is 4.89 Å². The summed E-state index contributed by atoms with van der Waals surface area (Å²) in [6.07, 6.45) is 0.809. The Morgan fingerprint density at radius 3 is 2.36 bits per heavy atom. The van der Waals surface area contributed by atoms with Crippen LogP contribution >= 0.6 is 12.4 Å². The number of carbonyl (C=O) groups excluding carboxylic acids is 1. The molecule has 0 aliphatic carbocycles. The molecule has 0 N–H and O–H groups in total. The van der Waals surface area contributed by atoms with Crippen molar-refractivity contribution >= 4 is 18.4 Å². The Balaban J connectivity index is 0.00000441. The fourth-order valence-corrected chi connectivity index (χ4v) is 1.57. The summed E-state index contributed by atoms with van der Waals surface area (Å²) in [5.74, 6) is -0.140. The molecule has 1 aromatic rings. The zero-order valence-corrected chi connectivity index (χ0v) is 13.9. The monoisotopic (exact) mass is 334 g/mol. The van der Waals surface area contributed by atoms with Crippen molar-refractivity contribution < 1.29 is 28.8 Å². The third-order valence-corrected chi connectivity index (χ3v) is 2.72. The third kappa shape index (κ3) is 7.09. The minimum absolute atomic E-state index is 0. The highest BCUT2D eigenvalue weighted by molar-refractivity contribution is 5.92. The van der Waals surface area contributed by atoms with Crippen molar-refractivity contribution in [2.45, 2.75) is 13.3 Å². The van der Waals surface area contributed by atoms with Crippen molar-refractivity contribution in [3.8, 4) is 5.75 Å².